The fourth-order valence-electron chi connectivity index (χ4n) is 3.75. The molecule has 29 heavy (non-hydrogen) atoms. The van der Waals surface area contributed by atoms with Crippen LogP contribution in [-0.2, 0) is 6.54 Å². The maximum Gasteiger partial charge on any atom is 0.291 e. The second-order valence-electron chi connectivity index (χ2n) is 7.79. The van der Waals surface area contributed by atoms with E-state index in [1.165, 1.54) is 10.5 Å². The van der Waals surface area contributed by atoms with Gasteiger partial charge in [-0.1, -0.05) is 6.07 Å². The van der Waals surface area contributed by atoms with Crippen molar-refractivity contribution in [3.8, 4) is 0 Å². The van der Waals surface area contributed by atoms with Crippen molar-refractivity contribution in [2.24, 2.45) is 0 Å². The van der Waals surface area contributed by atoms with Crippen LogP contribution < -0.4 is 10.2 Å². The van der Waals surface area contributed by atoms with Gasteiger partial charge in [-0.3, -0.25) is 4.79 Å². The minimum Gasteiger partial charge on any atom is -0.355 e. The van der Waals surface area contributed by atoms with Gasteiger partial charge < -0.3 is 15.1 Å². The molecule has 0 aliphatic carbocycles. The van der Waals surface area contributed by atoms with E-state index in [9.17, 15) is 4.79 Å². The van der Waals surface area contributed by atoms with Gasteiger partial charge in [0.15, 0.2) is 0 Å². The summed E-state index contributed by atoms with van der Waals surface area (Å²) >= 11 is 0. The SMILES string of the molecule is Cc1nc(C(=O)N(C)C)nc(N2CC[C@@H](NCc3cccn4nccc34)C2)c1C. The Morgan fingerprint density at radius 3 is 2.90 bits per heavy atom. The number of nitrogens with one attached hydrogen (secondary N) is 1. The van der Waals surface area contributed by atoms with Crippen molar-refractivity contribution in [2.45, 2.75) is 32.9 Å². The zero-order valence-corrected chi connectivity index (χ0v) is 17.4. The molecule has 3 aromatic heterocycles. The van der Waals surface area contributed by atoms with Crippen LogP contribution in [0.4, 0.5) is 5.82 Å². The summed E-state index contributed by atoms with van der Waals surface area (Å²) in [6.45, 7) is 6.51. The van der Waals surface area contributed by atoms with Gasteiger partial charge in [-0.15, -0.1) is 0 Å². The largest absolute Gasteiger partial charge is 0.355 e. The fraction of sp³-hybridized carbons (Fsp3) is 0.429. The molecule has 1 aliphatic rings. The van der Waals surface area contributed by atoms with Crippen LogP contribution in [0.25, 0.3) is 5.52 Å². The number of pyridine rings is 1. The van der Waals surface area contributed by atoms with Gasteiger partial charge in [-0.05, 0) is 38.0 Å². The topological polar surface area (TPSA) is 78.7 Å². The Balaban J connectivity index is 1.47. The van der Waals surface area contributed by atoms with E-state index in [4.69, 9.17) is 0 Å². The quantitative estimate of drug-likeness (QED) is 0.712. The molecular weight excluding hydrogens is 366 g/mol. The number of carbonyl (C=O) groups is 1. The minimum absolute atomic E-state index is 0.169. The Hall–Kier alpha value is -3.00. The molecule has 8 heteroatoms. The number of fused-ring (bicyclic) bond motifs is 1. The number of aromatic nitrogens is 4. The molecule has 0 aromatic carbocycles. The number of anilines is 1. The third-order valence-electron chi connectivity index (χ3n) is 5.55. The van der Waals surface area contributed by atoms with Crippen LogP contribution in [0.3, 0.4) is 0 Å². The molecule has 0 saturated carbocycles. The molecule has 1 amide bonds. The molecule has 1 aliphatic heterocycles. The summed E-state index contributed by atoms with van der Waals surface area (Å²) in [5.41, 5.74) is 4.24. The van der Waals surface area contributed by atoms with E-state index in [1.807, 2.05) is 42.9 Å². The van der Waals surface area contributed by atoms with Crippen molar-refractivity contribution in [1.82, 2.24) is 29.8 Å². The summed E-state index contributed by atoms with van der Waals surface area (Å²) in [6.07, 6.45) is 4.81. The molecule has 0 bridgehead atoms. The summed E-state index contributed by atoms with van der Waals surface area (Å²) in [4.78, 5) is 25.1. The van der Waals surface area contributed by atoms with Gasteiger partial charge in [-0.25, -0.2) is 14.5 Å². The number of rotatable bonds is 5. The first-order valence-electron chi connectivity index (χ1n) is 9.90. The van der Waals surface area contributed by atoms with Gasteiger partial charge in [0.1, 0.15) is 5.82 Å². The molecule has 1 saturated heterocycles. The smallest absolute Gasteiger partial charge is 0.291 e. The highest BCUT2D eigenvalue weighted by Gasteiger charge is 2.26. The predicted molar refractivity (Wildman–Crippen MR) is 112 cm³/mol. The zero-order valence-electron chi connectivity index (χ0n) is 17.4. The minimum atomic E-state index is -0.169. The highest BCUT2D eigenvalue weighted by atomic mass is 16.2. The molecule has 1 atom stereocenters. The number of hydrogen-bond acceptors (Lipinski definition) is 6. The first-order valence-corrected chi connectivity index (χ1v) is 9.90. The highest BCUT2D eigenvalue weighted by molar-refractivity contribution is 5.90. The molecule has 1 fully saturated rings. The normalized spacial score (nSPS) is 16.6. The van der Waals surface area contributed by atoms with Gasteiger partial charge in [0, 0.05) is 63.4 Å². The van der Waals surface area contributed by atoms with Crippen molar-refractivity contribution in [2.75, 3.05) is 32.1 Å². The number of amides is 1. The van der Waals surface area contributed by atoms with Gasteiger partial charge in [0.25, 0.3) is 5.91 Å². The van der Waals surface area contributed by atoms with E-state index in [0.29, 0.717) is 6.04 Å². The summed E-state index contributed by atoms with van der Waals surface area (Å²) in [5.74, 6) is 0.957. The van der Waals surface area contributed by atoms with Crippen LogP contribution in [0.15, 0.2) is 30.6 Å². The van der Waals surface area contributed by atoms with E-state index < -0.39 is 0 Å². The number of nitrogens with zero attached hydrogens (tertiary/aromatic N) is 6. The van der Waals surface area contributed by atoms with Crippen molar-refractivity contribution < 1.29 is 4.79 Å². The Morgan fingerprint density at radius 2 is 2.10 bits per heavy atom. The fourth-order valence-corrected chi connectivity index (χ4v) is 3.75. The van der Waals surface area contributed by atoms with E-state index in [-0.39, 0.29) is 11.7 Å². The van der Waals surface area contributed by atoms with Gasteiger partial charge in [0.2, 0.25) is 5.82 Å². The average molecular weight is 393 g/mol. The molecule has 0 spiro atoms. The monoisotopic (exact) mass is 393 g/mol. The lowest BCUT2D eigenvalue weighted by Gasteiger charge is -2.22. The molecule has 0 unspecified atom stereocenters. The van der Waals surface area contributed by atoms with Gasteiger partial charge in [0.05, 0.1) is 5.52 Å². The average Bonchev–Trinajstić information content (AvgIpc) is 3.37. The van der Waals surface area contributed by atoms with Crippen molar-refractivity contribution >= 4 is 17.2 Å². The summed E-state index contributed by atoms with van der Waals surface area (Å²) in [6, 6.07) is 6.55. The number of aryl methyl sites for hydroxylation is 1. The van der Waals surface area contributed by atoms with Crippen molar-refractivity contribution in [1.29, 1.82) is 0 Å². The Labute approximate surface area is 170 Å². The molecule has 8 nitrogen and oxygen atoms in total. The lowest BCUT2D eigenvalue weighted by molar-refractivity contribution is 0.0815. The molecule has 4 heterocycles. The standard InChI is InChI=1S/C21H27N7O/c1-14-15(2)24-19(21(29)26(3)4)25-20(14)27-11-8-17(13-27)22-12-16-6-5-10-28-18(16)7-9-23-28/h5-7,9-10,17,22H,8,11-13H2,1-4H3/t17-/m1/s1. The second-order valence-corrected chi connectivity index (χ2v) is 7.79. The summed E-state index contributed by atoms with van der Waals surface area (Å²) in [5, 5.41) is 7.97. The van der Waals surface area contributed by atoms with Gasteiger partial charge >= 0.3 is 0 Å². The molecular formula is C21H27N7O. The molecule has 1 N–H and O–H groups in total. The van der Waals surface area contributed by atoms with Crippen LogP contribution in [0, 0.1) is 13.8 Å². The number of carbonyl (C=O) groups excluding carboxylic acids is 1. The lowest BCUT2D eigenvalue weighted by Crippen LogP contribution is -2.33. The third kappa shape index (κ3) is 3.80. The van der Waals surface area contributed by atoms with E-state index in [1.54, 1.807) is 14.1 Å². The maximum absolute atomic E-state index is 12.3. The summed E-state index contributed by atoms with van der Waals surface area (Å²) < 4.78 is 1.90. The molecule has 0 radical (unpaired) electrons. The van der Waals surface area contributed by atoms with Crippen LogP contribution in [0.1, 0.15) is 33.9 Å². The van der Waals surface area contributed by atoms with Crippen molar-refractivity contribution in [3.63, 3.8) is 0 Å². The summed E-state index contributed by atoms with van der Waals surface area (Å²) in [7, 11) is 3.44. The Bertz CT molecular complexity index is 1040. The van der Waals surface area contributed by atoms with Gasteiger partial charge in [-0.2, -0.15) is 5.10 Å². The van der Waals surface area contributed by atoms with E-state index >= 15 is 0 Å². The molecule has 4 rings (SSSR count). The first-order chi connectivity index (χ1) is 13.9. The Morgan fingerprint density at radius 1 is 1.28 bits per heavy atom. The second kappa shape index (κ2) is 7.79. The molecule has 152 valence electrons. The van der Waals surface area contributed by atoms with Crippen molar-refractivity contribution in [3.05, 3.63) is 53.2 Å². The maximum atomic E-state index is 12.3. The third-order valence-corrected chi connectivity index (χ3v) is 5.55. The van der Waals surface area contributed by atoms with Crippen LogP contribution >= 0.6 is 0 Å². The number of hydrogen-bond donors (Lipinski definition) is 1. The van der Waals surface area contributed by atoms with Crippen LogP contribution in [-0.4, -0.2) is 63.6 Å². The Kier molecular flexibility index (Phi) is 5.19. The zero-order chi connectivity index (χ0) is 20.5. The lowest BCUT2D eigenvalue weighted by atomic mass is 10.2. The van der Waals surface area contributed by atoms with E-state index in [0.717, 1.165) is 48.6 Å². The van der Waals surface area contributed by atoms with Crippen LogP contribution in [0.5, 0.6) is 0 Å². The molecule has 3 aromatic rings. The highest BCUT2D eigenvalue weighted by Crippen LogP contribution is 2.24. The first kappa shape index (κ1) is 19.3. The predicted octanol–water partition coefficient (Wildman–Crippen LogP) is 1.81. The van der Waals surface area contributed by atoms with E-state index in [2.05, 4.69) is 31.3 Å². The van der Waals surface area contributed by atoms with Crippen LogP contribution in [0.2, 0.25) is 0 Å².